The number of nitrogens with one attached hydrogen (secondary N) is 1. The molecule has 0 aliphatic carbocycles. The topological polar surface area (TPSA) is 68.0 Å². The first-order valence-corrected chi connectivity index (χ1v) is 9.10. The molecule has 3 aromatic heterocycles. The van der Waals surface area contributed by atoms with Crippen LogP contribution in [0.5, 0.6) is 0 Å². The van der Waals surface area contributed by atoms with E-state index in [0.29, 0.717) is 29.2 Å². The van der Waals surface area contributed by atoms with Crippen LogP contribution >= 0.6 is 22.9 Å². The van der Waals surface area contributed by atoms with Crippen molar-refractivity contribution in [1.82, 2.24) is 24.6 Å². The molecule has 126 valence electrons. The molecule has 4 aromatic rings. The van der Waals surface area contributed by atoms with Crippen LogP contribution in [0.15, 0.2) is 35.7 Å². The molecule has 25 heavy (non-hydrogen) atoms. The quantitative estimate of drug-likeness (QED) is 0.535. The molecule has 1 N–H and O–H groups in total. The fourth-order valence-corrected chi connectivity index (χ4v) is 3.49. The zero-order valence-electron chi connectivity index (χ0n) is 13.7. The zero-order valence-corrected chi connectivity index (χ0v) is 15.3. The van der Waals surface area contributed by atoms with Crippen molar-refractivity contribution in [1.29, 1.82) is 0 Å². The minimum Gasteiger partial charge on any atom is -0.307 e. The van der Waals surface area contributed by atoms with Crippen molar-refractivity contribution < 1.29 is 0 Å². The summed E-state index contributed by atoms with van der Waals surface area (Å²) in [4.78, 5) is 13.9. The van der Waals surface area contributed by atoms with Crippen molar-refractivity contribution in [2.24, 2.45) is 0 Å². The first-order valence-electron chi connectivity index (χ1n) is 7.84. The molecule has 1 aromatic carbocycles. The van der Waals surface area contributed by atoms with Crippen LogP contribution < -0.4 is 5.32 Å². The van der Waals surface area contributed by atoms with Gasteiger partial charge in [0, 0.05) is 23.4 Å². The van der Waals surface area contributed by atoms with Crippen molar-refractivity contribution in [3.8, 4) is 11.3 Å². The Morgan fingerprint density at radius 3 is 2.72 bits per heavy atom. The molecule has 0 amide bonds. The molecule has 0 radical (unpaired) electrons. The van der Waals surface area contributed by atoms with Gasteiger partial charge < -0.3 is 5.32 Å². The highest BCUT2D eigenvalue weighted by Crippen LogP contribution is 2.27. The average Bonchev–Trinajstić information content (AvgIpc) is 3.15. The van der Waals surface area contributed by atoms with Crippen LogP contribution in [0.4, 0.5) is 11.8 Å². The monoisotopic (exact) mass is 370 g/mol. The molecule has 0 bridgehead atoms. The second-order valence-corrected chi connectivity index (χ2v) is 6.81. The van der Waals surface area contributed by atoms with Crippen LogP contribution in [0.3, 0.4) is 0 Å². The molecule has 4 rings (SSSR count). The Kier molecular flexibility index (Phi) is 4.10. The molecule has 0 saturated heterocycles. The van der Waals surface area contributed by atoms with Gasteiger partial charge in [-0.2, -0.15) is 4.98 Å². The van der Waals surface area contributed by atoms with Crippen LogP contribution in [0.1, 0.15) is 18.3 Å². The minimum atomic E-state index is 0.399. The Morgan fingerprint density at radius 2 is 1.96 bits per heavy atom. The maximum Gasteiger partial charge on any atom is 0.249 e. The van der Waals surface area contributed by atoms with Crippen molar-refractivity contribution >= 4 is 39.7 Å². The number of thiazole rings is 1. The molecule has 6 nitrogen and oxygen atoms in total. The maximum absolute atomic E-state index is 6.04. The summed E-state index contributed by atoms with van der Waals surface area (Å²) in [5.74, 6) is 1.75. The molecule has 0 unspecified atom stereocenters. The summed E-state index contributed by atoms with van der Waals surface area (Å²) < 4.78 is 1.83. The standard InChI is InChI=1S/C17H15ClN6S/c1-3-14-19-13(18)8-15(20-14)21-16-22-17-24(23-16)12(9-25-17)11-6-4-10(2)5-7-11/h4-9H,3H2,1-2H3,(H,19,20,21,23). The normalized spacial score (nSPS) is 11.2. The summed E-state index contributed by atoms with van der Waals surface area (Å²) in [6, 6.07) is 10.0. The van der Waals surface area contributed by atoms with E-state index >= 15 is 0 Å². The van der Waals surface area contributed by atoms with Crippen molar-refractivity contribution in [2.75, 3.05) is 5.32 Å². The molecule has 3 heterocycles. The highest BCUT2D eigenvalue weighted by Gasteiger charge is 2.12. The van der Waals surface area contributed by atoms with Gasteiger partial charge >= 0.3 is 0 Å². The van der Waals surface area contributed by atoms with Gasteiger partial charge in [0.2, 0.25) is 10.9 Å². The minimum absolute atomic E-state index is 0.399. The molecular formula is C17H15ClN6S. The molecular weight excluding hydrogens is 356 g/mol. The van der Waals surface area contributed by atoms with Gasteiger partial charge in [-0.05, 0) is 6.92 Å². The van der Waals surface area contributed by atoms with E-state index in [1.165, 1.54) is 5.56 Å². The van der Waals surface area contributed by atoms with E-state index in [0.717, 1.165) is 16.2 Å². The molecule has 0 saturated carbocycles. The second-order valence-electron chi connectivity index (χ2n) is 5.59. The largest absolute Gasteiger partial charge is 0.307 e. The van der Waals surface area contributed by atoms with E-state index in [-0.39, 0.29) is 0 Å². The van der Waals surface area contributed by atoms with Crippen molar-refractivity contribution in [2.45, 2.75) is 20.3 Å². The van der Waals surface area contributed by atoms with Crippen LogP contribution in [-0.2, 0) is 6.42 Å². The Morgan fingerprint density at radius 1 is 1.16 bits per heavy atom. The number of aromatic nitrogens is 5. The summed E-state index contributed by atoms with van der Waals surface area (Å²) in [5, 5.41) is 10.1. The molecule has 0 aliphatic heterocycles. The Labute approximate surface area is 153 Å². The fourth-order valence-electron chi connectivity index (χ4n) is 2.46. The molecule has 0 fully saturated rings. The van der Waals surface area contributed by atoms with E-state index in [1.54, 1.807) is 17.4 Å². The van der Waals surface area contributed by atoms with E-state index in [9.17, 15) is 0 Å². The Bertz CT molecular complexity index is 1040. The number of benzene rings is 1. The lowest BCUT2D eigenvalue weighted by atomic mass is 10.1. The third kappa shape index (κ3) is 3.20. The van der Waals surface area contributed by atoms with Crippen LogP contribution in [0.25, 0.3) is 16.2 Å². The number of hydrogen-bond acceptors (Lipinski definition) is 6. The smallest absolute Gasteiger partial charge is 0.249 e. The first kappa shape index (κ1) is 16.0. The van der Waals surface area contributed by atoms with Gasteiger partial charge in [-0.3, -0.25) is 0 Å². The lowest BCUT2D eigenvalue weighted by molar-refractivity contribution is 0.938. The first-order chi connectivity index (χ1) is 12.1. The highest BCUT2D eigenvalue weighted by molar-refractivity contribution is 7.15. The van der Waals surface area contributed by atoms with Crippen LogP contribution in [0.2, 0.25) is 5.15 Å². The predicted octanol–water partition coefficient (Wildman–Crippen LogP) is 4.52. The summed E-state index contributed by atoms with van der Waals surface area (Å²) in [6.45, 7) is 4.05. The van der Waals surface area contributed by atoms with Gasteiger partial charge in [0.15, 0.2) is 0 Å². The van der Waals surface area contributed by atoms with Gasteiger partial charge in [0.25, 0.3) is 0 Å². The van der Waals surface area contributed by atoms with E-state index in [4.69, 9.17) is 11.6 Å². The zero-order chi connectivity index (χ0) is 17.4. The summed E-state index contributed by atoms with van der Waals surface area (Å²) in [6.07, 6.45) is 0.707. The number of aryl methyl sites for hydroxylation is 2. The molecule has 0 atom stereocenters. The van der Waals surface area contributed by atoms with E-state index in [2.05, 4.69) is 61.9 Å². The van der Waals surface area contributed by atoms with Gasteiger partial charge in [-0.25, -0.2) is 14.5 Å². The van der Waals surface area contributed by atoms with Gasteiger partial charge in [0.1, 0.15) is 16.8 Å². The SMILES string of the molecule is CCc1nc(Cl)cc(Nc2nc3scc(-c4ccc(C)cc4)n3n2)n1. The third-order valence-electron chi connectivity index (χ3n) is 3.73. The van der Waals surface area contributed by atoms with E-state index < -0.39 is 0 Å². The van der Waals surface area contributed by atoms with Crippen LogP contribution in [0, 0.1) is 6.92 Å². The number of anilines is 2. The lowest BCUT2D eigenvalue weighted by Gasteiger charge is -2.03. The number of fused-ring (bicyclic) bond motifs is 1. The summed E-state index contributed by atoms with van der Waals surface area (Å²) >= 11 is 7.58. The lowest BCUT2D eigenvalue weighted by Crippen LogP contribution is -2.01. The average molecular weight is 371 g/mol. The number of nitrogens with zero attached hydrogens (tertiary/aromatic N) is 5. The summed E-state index contributed by atoms with van der Waals surface area (Å²) in [7, 11) is 0. The van der Waals surface area contributed by atoms with E-state index in [1.807, 2.05) is 11.4 Å². The molecule has 0 aliphatic rings. The third-order valence-corrected chi connectivity index (χ3v) is 4.74. The molecule has 8 heteroatoms. The number of halogens is 1. The van der Waals surface area contributed by atoms with Crippen molar-refractivity contribution in [3.05, 3.63) is 52.3 Å². The summed E-state index contributed by atoms with van der Waals surface area (Å²) in [5.41, 5.74) is 3.34. The fraction of sp³-hybridized carbons (Fsp3) is 0.176. The van der Waals surface area contributed by atoms with Crippen LogP contribution in [-0.4, -0.2) is 24.6 Å². The van der Waals surface area contributed by atoms with Gasteiger partial charge in [0.05, 0.1) is 5.69 Å². The maximum atomic E-state index is 6.04. The van der Waals surface area contributed by atoms with Gasteiger partial charge in [-0.1, -0.05) is 48.4 Å². The highest BCUT2D eigenvalue weighted by atomic mass is 35.5. The number of hydrogen-bond donors (Lipinski definition) is 1. The number of rotatable bonds is 4. The predicted molar refractivity (Wildman–Crippen MR) is 101 cm³/mol. The Hall–Kier alpha value is -2.51. The second kappa shape index (κ2) is 6.42. The molecule has 0 spiro atoms. The van der Waals surface area contributed by atoms with Gasteiger partial charge in [-0.15, -0.1) is 16.4 Å². The Balaban J connectivity index is 1.68. The van der Waals surface area contributed by atoms with Crippen molar-refractivity contribution in [3.63, 3.8) is 0 Å².